The van der Waals surface area contributed by atoms with E-state index in [2.05, 4.69) is 30.0 Å². The molecule has 1 atom stereocenters. The Labute approximate surface area is 102 Å². The predicted molar refractivity (Wildman–Crippen MR) is 69.9 cm³/mol. The van der Waals surface area contributed by atoms with Crippen molar-refractivity contribution >= 4 is 11.4 Å². The normalized spacial score (nSPS) is 20.2. The minimum absolute atomic E-state index is 0.509. The Morgan fingerprint density at radius 2 is 2.29 bits per heavy atom. The summed E-state index contributed by atoms with van der Waals surface area (Å²) in [5.41, 5.74) is 8.31. The number of nitrogens with zero attached hydrogens (tertiary/aromatic N) is 3. The van der Waals surface area contributed by atoms with Gasteiger partial charge in [-0.3, -0.25) is 0 Å². The van der Waals surface area contributed by atoms with Crippen molar-refractivity contribution in [2.75, 3.05) is 37.8 Å². The maximum Gasteiger partial charge on any atom is 0.0992 e. The Kier molecular flexibility index (Phi) is 3.21. The summed E-state index contributed by atoms with van der Waals surface area (Å²) in [6.45, 7) is 2.20. The van der Waals surface area contributed by atoms with E-state index in [9.17, 15) is 0 Å². The van der Waals surface area contributed by atoms with E-state index < -0.39 is 0 Å². The second-order valence-corrected chi connectivity index (χ2v) is 4.70. The Bertz CT molecular complexity index is 449. The summed E-state index contributed by atoms with van der Waals surface area (Å²) in [6, 6.07) is 8.11. The Hall–Kier alpha value is -1.73. The summed E-state index contributed by atoms with van der Waals surface area (Å²) in [5.74, 6) is 0. The molecule has 0 aliphatic carbocycles. The van der Waals surface area contributed by atoms with Crippen LogP contribution in [0.5, 0.6) is 0 Å². The van der Waals surface area contributed by atoms with E-state index in [1.54, 1.807) is 6.07 Å². The molecule has 0 amide bonds. The minimum Gasteiger partial charge on any atom is -0.397 e. The summed E-state index contributed by atoms with van der Waals surface area (Å²) in [5, 5.41) is 8.81. The molecule has 2 N–H and O–H groups in total. The van der Waals surface area contributed by atoms with Gasteiger partial charge in [-0.1, -0.05) is 0 Å². The lowest BCUT2D eigenvalue weighted by molar-refractivity contribution is 0.409. The fraction of sp³-hybridized carbons (Fsp3) is 0.462. The summed E-state index contributed by atoms with van der Waals surface area (Å²) >= 11 is 0. The molecule has 0 aromatic heterocycles. The first-order valence-corrected chi connectivity index (χ1v) is 5.83. The molecule has 1 aliphatic heterocycles. The monoisotopic (exact) mass is 230 g/mol. The van der Waals surface area contributed by atoms with Gasteiger partial charge in [0.2, 0.25) is 0 Å². The molecule has 1 heterocycles. The van der Waals surface area contributed by atoms with Crippen LogP contribution in [0.25, 0.3) is 0 Å². The first-order valence-electron chi connectivity index (χ1n) is 5.83. The van der Waals surface area contributed by atoms with Gasteiger partial charge in [-0.25, -0.2) is 0 Å². The van der Waals surface area contributed by atoms with E-state index in [1.165, 1.54) is 0 Å². The summed E-state index contributed by atoms with van der Waals surface area (Å²) in [4.78, 5) is 4.54. The van der Waals surface area contributed by atoms with Crippen molar-refractivity contribution in [3.63, 3.8) is 0 Å². The van der Waals surface area contributed by atoms with E-state index in [0.717, 1.165) is 25.2 Å². The highest BCUT2D eigenvalue weighted by Crippen LogP contribution is 2.27. The van der Waals surface area contributed by atoms with Crippen LogP contribution < -0.4 is 10.6 Å². The van der Waals surface area contributed by atoms with Crippen molar-refractivity contribution in [3.05, 3.63) is 23.8 Å². The Balaban J connectivity index is 2.20. The number of likely N-dealkylation sites (tertiary alicyclic amines) is 1. The van der Waals surface area contributed by atoms with Gasteiger partial charge in [0, 0.05) is 19.6 Å². The molecule has 0 spiro atoms. The van der Waals surface area contributed by atoms with Crippen molar-refractivity contribution in [3.8, 4) is 6.07 Å². The molecule has 2 rings (SSSR count). The number of likely N-dealkylation sites (N-methyl/N-ethyl adjacent to an activating group) is 2. The van der Waals surface area contributed by atoms with Gasteiger partial charge >= 0.3 is 0 Å². The first kappa shape index (κ1) is 11.7. The van der Waals surface area contributed by atoms with E-state index in [-0.39, 0.29) is 0 Å². The number of nitrogens with two attached hydrogens (primary N) is 1. The van der Waals surface area contributed by atoms with Gasteiger partial charge in [0.15, 0.2) is 0 Å². The van der Waals surface area contributed by atoms with Crippen LogP contribution in [-0.4, -0.2) is 38.1 Å². The quantitative estimate of drug-likeness (QED) is 0.778. The minimum atomic E-state index is 0.509. The van der Waals surface area contributed by atoms with Crippen LogP contribution >= 0.6 is 0 Å². The molecule has 0 bridgehead atoms. The summed E-state index contributed by atoms with van der Waals surface area (Å²) < 4.78 is 0. The molecule has 0 saturated carbocycles. The highest BCUT2D eigenvalue weighted by Gasteiger charge is 2.24. The van der Waals surface area contributed by atoms with Crippen molar-refractivity contribution in [1.82, 2.24) is 4.90 Å². The first-order chi connectivity index (χ1) is 8.11. The lowest BCUT2D eigenvalue weighted by Crippen LogP contribution is -2.34. The van der Waals surface area contributed by atoms with Crippen LogP contribution in [0, 0.1) is 11.3 Å². The highest BCUT2D eigenvalue weighted by atomic mass is 15.2. The molecule has 0 radical (unpaired) electrons. The zero-order valence-electron chi connectivity index (χ0n) is 10.3. The molecular weight excluding hydrogens is 212 g/mol. The number of rotatable bonds is 2. The van der Waals surface area contributed by atoms with E-state index >= 15 is 0 Å². The molecular formula is C13H18N4. The van der Waals surface area contributed by atoms with Gasteiger partial charge in [0.25, 0.3) is 0 Å². The number of anilines is 2. The molecule has 1 saturated heterocycles. The summed E-state index contributed by atoms with van der Waals surface area (Å²) in [6.07, 6.45) is 1.16. The van der Waals surface area contributed by atoms with Crippen LogP contribution in [-0.2, 0) is 0 Å². The van der Waals surface area contributed by atoms with Crippen LogP contribution in [0.4, 0.5) is 11.4 Å². The number of benzene rings is 1. The Morgan fingerprint density at radius 1 is 1.53 bits per heavy atom. The van der Waals surface area contributed by atoms with Gasteiger partial charge in [-0.15, -0.1) is 0 Å². The van der Waals surface area contributed by atoms with Crippen molar-refractivity contribution in [2.45, 2.75) is 12.5 Å². The third-order valence-electron chi connectivity index (χ3n) is 3.45. The van der Waals surface area contributed by atoms with E-state index in [1.807, 2.05) is 12.1 Å². The second kappa shape index (κ2) is 4.64. The third-order valence-corrected chi connectivity index (χ3v) is 3.45. The van der Waals surface area contributed by atoms with Crippen LogP contribution in [0.1, 0.15) is 12.0 Å². The molecule has 1 aromatic rings. The zero-order valence-corrected chi connectivity index (χ0v) is 10.3. The predicted octanol–water partition coefficient (Wildman–Crippen LogP) is 1.28. The average molecular weight is 230 g/mol. The van der Waals surface area contributed by atoms with Crippen molar-refractivity contribution < 1.29 is 0 Å². The van der Waals surface area contributed by atoms with E-state index in [4.69, 9.17) is 11.0 Å². The zero-order chi connectivity index (χ0) is 12.4. The maximum absolute atomic E-state index is 8.81. The van der Waals surface area contributed by atoms with Gasteiger partial charge in [0.1, 0.15) is 0 Å². The number of hydrogen-bond donors (Lipinski definition) is 1. The van der Waals surface area contributed by atoms with Gasteiger partial charge in [-0.2, -0.15) is 5.26 Å². The van der Waals surface area contributed by atoms with Crippen molar-refractivity contribution in [2.24, 2.45) is 0 Å². The topological polar surface area (TPSA) is 56.3 Å². The number of nitriles is 1. The highest BCUT2D eigenvalue weighted by molar-refractivity contribution is 5.69. The molecule has 4 heteroatoms. The molecule has 1 aromatic carbocycles. The third kappa shape index (κ3) is 2.34. The summed E-state index contributed by atoms with van der Waals surface area (Å²) in [7, 11) is 4.21. The van der Waals surface area contributed by atoms with Gasteiger partial charge in [-0.05, 0) is 38.2 Å². The fourth-order valence-electron chi connectivity index (χ4n) is 2.37. The number of hydrogen-bond acceptors (Lipinski definition) is 4. The lowest BCUT2D eigenvalue weighted by Gasteiger charge is -2.27. The molecule has 1 fully saturated rings. The SMILES string of the molecule is CN1CCC(N(C)c2ccc(C#N)cc2N)C1. The van der Waals surface area contributed by atoms with Crippen LogP contribution in [0.15, 0.2) is 18.2 Å². The fourth-order valence-corrected chi connectivity index (χ4v) is 2.37. The number of nitrogen functional groups attached to an aromatic ring is 1. The molecule has 4 nitrogen and oxygen atoms in total. The molecule has 1 unspecified atom stereocenters. The smallest absolute Gasteiger partial charge is 0.0992 e. The van der Waals surface area contributed by atoms with Crippen LogP contribution in [0.3, 0.4) is 0 Å². The van der Waals surface area contributed by atoms with Gasteiger partial charge < -0.3 is 15.5 Å². The van der Waals surface area contributed by atoms with E-state index in [0.29, 0.717) is 17.3 Å². The molecule has 17 heavy (non-hydrogen) atoms. The van der Waals surface area contributed by atoms with Gasteiger partial charge in [0.05, 0.1) is 23.0 Å². The standard InChI is InChI=1S/C13H18N4/c1-16-6-5-11(9-16)17(2)13-4-3-10(8-14)7-12(13)15/h3-4,7,11H,5-6,9,15H2,1-2H3. The lowest BCUT2D eigenvalue weighted by atomic mass is 10.1. The molecule has 1 aliphatic rings. The van der Waals surface area contributed by atoms with Crippen molar-refractivity contribution in [1.29, 1.82) is 5.26 Å². The van der Waals surface area contributed by atoms with Crippen LogP contribution in [0.2, 0.25) is 0 Å². The molecule has 90 valence electrons. The second-order valence-electron chi connectivity index (χ2n) is 4.70. The largest absolute Gasteiger partial charge is 0.397 e. The Morgan fingerprint density at radius 3 is 2.82 bits per heavy atom. The maximum atomic E-state index is 8.81. The average Bonchev–Trinajstić information content (AvgIpc) is 2.75.